The number of hydrogen-bond donors (Lipinski definition) is 0. The molecule has 1 aliphatic heterocycles. The zero-order valence-electron chi connectivity index (χ0n) is 18.1. The van der Waals surface area contributed by atoms with E-state index >= 15 is 0 Å². The van der Waals surface area contributed by atoms with Crippen LogP contribution in [0.5, 0.6) is 23.0 Å². The monoisotopic (exact) mass is 428 g/mol. The van der Waals surface area contributed by atoms with Crippen LogP contribution in [0, 0.1) is 0 Å². The van der Waals surface area contributed by atoms with Gasteiger partial charge in [0.1, 0.15) is 0 Å². The molecule has 1 fully saturated rings. The Bertz CT molecular complexity index is 917. The second-order valence-corrected chi connectivity index (χ2v) is 7.04. The third kappa shape index (κ3) is 5.39. The predicted molar refractivity (Wildman–Crippen MR) is 115 cm³/mol. The maximum Gasteiger partial charge on any atom is 0.260 e. The van der Waals surface area contributed by atoms with Crippen molar-refractivity contribution in [3.8, 4) is 23.0 Å². The van der Waals surface area contributed by atoms with E-state index in [1.807, 2.05) is 12.1 Å². The molecule has 1 aliphatic rings. The highest BCUT2D eigenvalue weighted by Gasteiger charge is 2.24. The Morgan fingerprint density at radius 2 is 1.39 bits per heavy atom. The molecule has 0 unspecified atom stereocenters. The summed E-state index contributed by atoms with van der Waals surface area (Å²) in [4.78, 5) is 29.1. The SMILES string of the molecule is COc1ccc(C(=O)N2CCCN(C(=O)COc3ccccc3OC)CC2)cc1OC. The van der Waals surface area contributed by atoms with E-state index in [-0.39, 0.29) is 18.4 Å². The molecule has 1 saturated heterocycles. The van der Waals surface area contributed by atoms with Crippen LogP contribution in [0.2, 0.25) is 0 Å². The van der Waals surface area contributed by atoms with Crippen molar-refractivity contribution in [1.82, 2.24) is 9.80 Å². The fourth-order valence-electron chi connectivity index (χ4n) is 3.49. The molecule has 0 atom stereocenters. The van der Waals surface area contributed by atoms with E-state index in [1.165, 1.54) is 7.11 Å². The summed E-state index contributed by atoms with van der Waals surface area (Å²) in [5, 5.41) is 0. The van der Waals surface area contributed by atoms with Crippen molar-refractivity contribution in [3.05, 3.63) is 48.0 Å². The first-order valence-electron chi connectivity index (χ1n) is 10.1. The first kappa shape index (κ1) is 22.3. The average molecular weight is 428 g/mol. The quantitative estimate of drug-likeness (QED) is 0.674. The lowest BCUT2D eigenvalue weighted by molar-refractivity contribution is -0.133. The summed E-state index contributed by atoms with van der Waals surface area (Å²) in [6.07, 6.45) is 0.694. The lowest BCUT2D eigenvalue weighted by Crippen LogP contribution is -2.39. The number of rotatable bonds is 7. The minimum Gasteiger partial charge on any atom is -0.493 e. The summed E-state index contributed by atoms with van der Waals surface area (Å²) in [6, 6.07) is 12.3. The predicted octanol–water partition coefficient (Wildman–Crippen LogP) is 2.47. The summed E-state index contributed by atoms with van der Waals surface area (Å²) in [7, 11) is 4.65. The van der Waals surface area contributed by atoms with E-state index < -0.39 is 0 Å². The van der Waals surface area contributed by atoms with Crippen LogP contribution >= 0.6 is 0 Å². The number of carbonyl (C=O) groups is 2. The molecular weight excluding hydrogens is 400 g/mol. The molecular formula is C23H28N2O6. The molecule has 0 bridgehead atoms. The van der Waals surface area contributed by atoms with Gasteiger partial charge < -0.3 is 28.7 Å². The number of carbonyl (C=O) groups excluding carboxylic acids is 2. The number of nitrogens with zero attached hydrogens (tertiary/aromatic N) is 2. The van der Waals surface area contributed by atoms with Crippen molar-refractivity contribution in [3.63, 3.8) is 0 Å². The lowest BCUT2D eigenvalue weighted by atomic mass is 10.1. The summed E-state index contributed by atoms with van der Waals surface area (Å²) < 4.78 is 21.4. The van der Waals surface area contributed by atoms with E-state index in [9.17, 15) is 9.59 Å². The van der Waals surface area contributed by atoms with Crippen molar-refractivity contribution in [2.45, 2.75) is 6.42 Å². The topological polar surface area (TPSA) is 77.5 Å². The summed E-state index contributed by atoms with van der Waals surface area (Å²) >= 11 is 0. The maximum absolute atomic E-state index is 13.0. The second-order valence-electron chi connectivity index (χ2n) is 7.04. The number of para-hydroxylation sites is 2. The van der Waals surface area contributed by atoms with Crippen LogP contribution in [0.25, 0.3) is 0 Å². The molecule has 0 aromatic heterocycles. The first-order valence-corrected chi connectivity index (χ1v) is 10.1. The number of hydrogen-bond acceptors (Lipinski definition) is 6. The molecule has 0 radical (unpaired) electrons. The average Bonchev–Trinajstić information content (AvgIpc) is 3.08. The second kappa shape index (κ2) is 10.6. The van der Waals surface area contributed by atoms with Gasteiger partial charge in [-0.1, -0.05) is 12.1 Å². The van der Waals surface area contributed by atoms with E-state index in [1.54, 1.807) is 54.4 Å². The maximum atomic E-state index is 13.0. The van der Waals surface area contributed by atoms with Crippen molar-refractivity contribution in [2.75, 3.05) is 54.1 Å². The molecule has 2 amide bonds. The van der Waals surface area contributed by atoms with Crippen LogP contribution in [0.3, 0.4) is 0 Å². The van der Waals surface area contributed by atoms with Gasteiger partial charge in [0.05, 0.1) is 21.3 Å². The van der Waals surface area contributed by atoms with E-state index in [4.69, 9.17) is 18.9 Å². The van der Waals surface area contributed by atoms with E-state index in [0.717, 1.165) is 0 Å². The van der Waals surface area contributed by atoms with Crippen molar-refractivity contribution < 1.29 is 28.5 Å². The number of ether oxygens (including phenoxy) is 4. The molecule has 8 heteroatoms. The number of benzene rings is 2. The molecule has 2 aromatic rings. The van der Waals surface area contributed by atoms with Crippen LogP contribution < -0.4 is 18.9 Å². The molecule has 0 spiro atoms. The summed E-state index contributed by atoms with van der Waals surface area (Å²) in [5.74, 6) is 1.97. The summed E-state index contributed by atoms with van der Waals surface area (Å²) in [5.41, 5.74) is 0.525. The zero-order valence-corrected chi connectivity index (χ0v) is 18.1. The van der Waals surface area contributed by atoms with Gasteiger partial charge in [0.15, 0.2) is 29.6 Å². The molecule has 2 aromatic carbocycles. The minimum absolute atomic E-state index is 0.0794. The Hall–Kier alpha value is -3.42. The van der Waals surface area contributed by atoms with Crippen molar-refractivity contribution in [1.29, 1.82) is 0 Å². The first-order chi connectivity index (χ1) is 15.1. The van der Waals surface area contributed by atoms with Crippen LogP contribution in [-0.4, -0.2) is 75.7 Å². The van der Waals surface area contributed by atoms with Crippen molar-refractivity contribution >= 4 is 11.8 Å². The van der Waals surface area contributed by atoms with Gasteiger partial charge >= 0.3 is 0 Å². The highest BCUT2D eigenvalue weighted by Crippen LogP contribution is 2.28. The van der Waals surface area contributed by atoms with E-state index in [2.05, 4.69) is 0 Å². The van der Waals surface area contributed by atoms with Gasteiger partial charge in [-0.15, -0.1) is 0 Å². The Kier molecular flexibility index (Phi) is 7.59. The third-order valence-electron chi connectivity index (χ3n) is 5.19. The Balaban J connectivity index is 1.58. The smallest absolute Gasteiger partial charge is 0.260 e. The van der Waals surface area contributed by atoms with Gasteiger partial charge in [0.2, 0.25) is 0 Å². The molecule has 166 valence electrons. The number of methoxy groups -OCH3 is 3. The van der Waals surface area contributed by atoms with Crippen LogP contribution in [0.1, 0.15) is 16.8 Å². The molecule has 8 nitrogen and oxygen atoms in total. The lowest BCUT2D eigenvalue weighted by Gasteiger charge is -2.23. The normalized spacial score (nSPS) is 13.9. The largest absolute Gasteiger partial charge is 0.493 e. The zero-order chi connectivity index (χ0) is 22.2. The fourth-order valence-corrected chi connectivity index (χ4v) is 3.49. The Morgan fingerprint density at radius 3 is 2.10 bits per heavy atom. The molecule has 3 rings (SSSR count). The highest BCUT2D eigenvalue weighted by atomic mass is 16.5. The van der Waals surface area contributed by atoms with Crippen LogP contribution in [-0.2, 0) is 4.79 Å². The van der Waals surface area contributed by atoms with Crippen LogP contribution in [0.15, 0.2) is 42.5 Å². The Labute approximate surface area is 182 Å². The van der Waals surface area contributed by atoms with Crippen LogP contribution in [0.4, 0.5) is 0 Å². The fraction of sp³-hybridized carbons (Fsp3) is 0.391. The molecule has 1 heterocycles. The van der Waals surface area contributed by atoms with Gasteiger partial charge in [-0.3, -0.25) is 9.59 Å². The molecule has 0 N–H and O–H groups in total. The highest BCUT2D eigenvalue weighted by molar-refractivity contribution is 5.95. The summed E-state index contributed by atoms with van der Waals surface area (Å²) in [6.45, 7) is 1.97. The van der Waals surface area contributed by atoms with E-state index in [0.29, 0.717) is 61.2 Å². The molecule has 0 aliphatic carbocycles. The minimum atomic E-state index is -0.119. The third-order valence-corrected chi connectivity index (χ3v) is 5.19. The van der Waals surface area contributed by atoms with Gasteiger partial charge in [0.25, 0.3) is 11.8 Å². The standard InChI is InChI=1S/C23H28N2O6/c1-28-18-7-4-5-8-20(18)31-16-22(26)24-11-6-12-25(14-13-24)23(27)17-9-10-19(29-2)21(15-17)30-3/h4-5,7-10,15H,6,11-14,16H2,1-3H3. The Morgan fingerprint density at radius 1 is 0.774 bits per heavy atom. The molecule has 0 saturated carbocycles. The van der Waals surface area contributed by atoms with Gasteiger partial charge in [-0.25, -0.2) is 0 Å². The van der Waals surface area contributed by atoms with Crippen molar-refractivity contribution in [2.24, 2.45) is 0 Å². The number of amides is 2. The van der Waals surface area contributed by atoms with Gasteiger partial charge in [-0.2, -0.15) is 0 Å². The molecule has 31 heavy (non-hydrogen) atoms. The van der Waals surface area contributed by atoms with Gasteiger partial charge in [-0.05, 0) is 36.8 Å². The van der Waals surface area contributed by atoms with Gasteiger partial charge in [0, 0.05) is 31.7 Å².